The third-order valence-electron chi connectivity index (χ3n) is 2.53. The van der Waals surface area contributed by atoms with E-state index in [1.54, 1.807) is 6.07 Å². The molecular formula is C12H18FNO. The average Bonchev–Trinajstić information content (AvgIpc) is 2.23. The average molecular weight is 211 g/mol. The van der Waals surface area contributed by atoms with Crippen molar-refractivity contribution in [3.8, 4) is 5.75 Å². The van der Waals surface area contributed by atoms with Gasteiger partial charge in [-0.1, -0.05) is 26.3 Å². The van der Waals surface area contributed by atoms with Crippen molar-refractivity contribution in [2.24, 2.45) is 5.92 Å². The molecule has 1 unspecified atom stereocenters. The van der Waals surface area contributed by atoms with Crippen molar-refractivity contribution in [2.45, 2.75) is 26.8 Å². The number of nitrogens with one attached hydrogen (secondary N) is 1. The molecule has 0 bridgehead atoms. The van der Waals surface area contributed by atoms with Gasteiger partial charge in [0.2, 0.25) is 0 Å². The molecule has 0 aliphatic carbocycles. The minimum atomic E-state index is -0.558. The van der Waals surface area contributed by atoms with Crippen LogP contribution in [-0.4, -0.2) is 11.7 Å². The lowest BCUT2D eigenvalue weighted by molar-refractivity contribution is 0.431. The lowest BCUT2D eigenvalue weighted by atomic mass is 10.1. The Kier molecular flexibility index (Phi) is 4.56. The molecule has 0 heterocycles. The molecule has 0 amide bonds. The molecule has 1 rings (SSSR count). The third-order valence-corrected chi connectivity index (χ3v) is 2.53. The fraction of sp³-hybridized carbons (Fsp3) is 0.500. The molecule has 2 nitrogen and oxygen atoms in total. The minimum Gasteiger partial charge on any atom is -0.505 e. The maximum atomic E-state index is 13.0. The van der Waals surface area contributed by atoms with Crippen molar-refractivity contribution in [2.75, 3.05) is 6.54 Å². The van der Waals surface area contributed by atoms with Gasteiger partial charge in [0.15, 0.2) is 11.6 Å². The van der Waals surface area contributed by atoms with Gasteiger partial charge in [0.1, 0.15) is 0 Å². The predicted molar refractivity (Wildman–Crippen MR) is 59.2 cm³/mol. The smallest absolute Gasteiger partial charge is 0.165 e. The first kappa shape index (κ1) is 12.0. The van der Waals surface area contributed by atoms with Gasteiger partial charge in [-0.15, -0.1) is 0 Å². The van der Waals surface area contributed by atoms with E-state index in [0.717, 1.165) is 18.5 Å². The number of phenols is 1. The molecule has 1 aromatic rings. The zero-order valence-corrected chi connectivity index (χ0v) is 9.26. The summed E-state index contributed by atoms with van der Waals surface area (Å²) in [6, 6.07) is 4.47. The van der Waals surface area contributed by atoms with E-state index in [4.69, 9.17) is 5.11 Å². The fourth-order valence-corrected chi connectivity index (χ4v) is 1.27. The molecule has 0 saturated carbocycles. The highest BCUT2D eigenvalue weighted by atomic mass is 19.1. The lowest BCUT2D eigenvalue weighted by Crippen LogP contribution is -2.20. The minimum absolute atomic E-state index is 0.291. The molecule has 1 atom stereocenters. The molecule has 1 aromatic carbocycles. The molecule has 0 fully saturated rings. The quantitative estimate of drug-likeness (QED) is 0.784. The van der Waals surface area contributed by atoms with Crippen molar-refractivity contribution in [1.82, 2.24) is 5.32 Å². The highest BCUT2D eigenvalue weighted by Crippen LogP contribution is 2.15. The highest BCUT2D eigenvalue weighted by Gasteiger charge is 2.02. The Bertz CT molecular complexity index is 314. The number of hydrogen-bond acceptors (Lipinski definition) is 2. The fourth-order valence-electron chi connectivity index (χ4n) is 1.27. The van der Waals surface area contributed by atoms with Crippen molar-refractivity contribution in [3.63, 3.8) is 0 Å². The number of hydrogen-bond donors (Lipinski definition) is 2. The summed E-state index contributed by atoms with van der Waals surface area (Å²) in [6.45, 7) is 5.89. The van der Waals surface area contributed by atoms with E-state index in [-0.39, 0.29) is 5.75 Å². The SMILES string of the molecule is CCC(C)CNCc1ccc(O)c(F)c1. The molecule has 0 aliphatic heterocycles. The summed E-state index contributed by atoms with van der Waals surface area (Å²) in [7, 11) is 0. The lowest BCUT2D eigenvalue weighted by Gasteiger charge is -2.10. The Morgan fingerprint density at radius 2 is 2.20 bits per heavy atom. The molecule has 0 saturated heterocycles. The topological polar surface area (TPSA) is 32.3 Å². The maximum Gasteiger partial charge on any atom is 0.165 e. The summed E-state index contributed by atoms with van der Waals surface area (Å²) >= 11 is 0. The molecule has 3 heteroatoms. The molecular weight excluding hydrogens is 193 g/mol. The third kappa shape index (κ3) is 3.88. The van der Waals surface area contributed by atoms with Crippen LogP contribution in [-0.2, 0) is 6.54 Å². The summed E-state index contributed by atoms with van der Waals surface area (Å²) < 4.78 is 13.0. The van der Waals surface area contributed by atoms with Crippen LogP contribution in [0.5, 0.6) is 5.75 Å². The van der Waals surface area contributed by atoms with Crippen molar-refractivity contribution in [3.05, 3.63) is 29.6 Å². The molecule has 0 aliphatic rings. The largest absolute Gasteiger partial charge is 0.505 e. The van der Waals surface area contributed by atoms with Crippen molar-refractivity contribution < 1.29 is 9.50 Å². The van der Waals surface area contributed by atoms with Crippen LogP contribution < -0.4 is 5.32 Å². The molecule has 0 aromatic heterocycles. The van der Waals surface area contributed by atoms with E-state index in [0.29, 0.717) is 12.5 Å². The Morgan fingerprint density at radius 3 is 2.80 bits per heavy atom. The number of halogens is 1. The van der Waals surface area contributed by atoms with Gasteiger partial charge in [0, 0.05) is 6.54 Å². The normalized spacial score (nSPS) is 12.7. The van der Waals surface area contributed by atoms with Crippen LogP contribution in [0.2, 0.25) is 0 Å². The van der Waals surface area contributed by atoms with E-state index in [2.05, 4.69) is 19.2 Å². The number of rotatable bonds is 5. The molecule has 0 radical (unpaired) electrons. The maximum absolute atomic E-state index is 13.0. The Morgan fingerprint density at radius 1 is 1.47 bits per heavy atom. The van der Waals surface area contributed by atoms with Crippen LogP contribution in [0.1, 0.15) is 25.8 Å². The highest BCUT2D eigenvalue weighted by molar-refractivity contribution is 5.27. The van der Waals surface area contributed by atoms with Gasteiger partial charge in [-0.2, -0.15) is 0 Å². The zero-order valence-electron chi connectivity index (χ0n) is 9.26. The second-order valence-electron chi connectivity index (χ2n) is 3.93. The monoisotopic (exact) mass is 211 g/mol. The van der Waals surface area contributed by atoms with E-state index in [1.807, 2.05) is 0 Å². The van der Waals surface area contributed by atoms with Crippen LogP contribution in [0, 0.1) is 11.7 Å². The van der Waals surface area contributed by atoms with Gasteiger partial charge < -0.3 is 10.4 Å². The van der Waals surface area contributed by atoms with Crippen LogP contribution in [0.4, 0.5) is 4.39 Å². The zero-order chi connectivity index (χ0) is 11.3. The number of phenolic OH excluding ortho intramolecular Hbond substituents is 1. The molecule has 15 heavy (non-hydrogen) atoms. The van der Waals surface area contributed by atoms with Crippen LogP contribution in [0.25, 0.3) is 0 Å². The van der Waals surface area contributed by atoms with Crippen LogP contribution in [0.15, 0.2) is 18.2 Å². The molecule has 2 N–H and O–H groups in total. The number of aromatic hydroxyl groups is 1. The van der Waals surface area contributed by atoms with E-state index < -0.39 is 5.82 Å². The first-order chi connectivity index (χ1) is 7.13. The van der Waals surface area contributed by atoms with Gasteiger partial charge in [0.25, 0.3) is 0 Å². The Hall–Kier alpha value is -1.09. The standard InChI is InChI=1S/C12H18FNO/c1-3-9(2)7-14-8-10-4-5-12(15)11(13)6-10/h4-6,9,14-15H,3,7-8H2,1-2H3. The van der Waals surface area contributed by atoms with Gasteiger partial charge in [-0.25, -0.2) is 4.39 Å². The molecule has 84 valence electrons. The van der Waals surface area contributed by atoms with Gasteiger partial charge in [-0.05, 0) is 30.2 Å². The summed E-state index contributed by atoms with van der Waals surface area (Å²) in [6.07, 6.45) is 1.14. The summed E-state index contributed by atoms with van der Waals surface area (Å²) in [5, 5.41) is 12.3. The first-order valence-electron chi connectivity index (χ1n) is 5.31. The van der Waals surface area contributed by atoms with E-state index in [1.165, 1.54) is 12.1 Å². The summed E-state index contributed by atoms with van der Waals surface area (Å²) in [4.78, 5) is 0. The van der Waals surface area contributed by atoms with Crippen LogP contribution >= 0.6 is 0 Å². The number of benzene rings is 1. The van der Waals surface area contributed by atoms with Gasteiger partial charge in [0.05, 0.1) is 0 Å². The second kappa shape index (κ2) is 5.71. The molecule has 0 spiro atoms. The second-order valence-corrected chi connectivity index (χ2v) is 3.93. The van der Waals surface area contributed by atoms with E-state index >= 15 is 0 Å². The summed E-state index contributed by atoms with van der Waals surface area (Å²) in [5.41, 5.74) is 0.855. The van der Waals surface area contributed by atoms with Gasteiger partial charge in [-0.3, -0.25) is 0 Å². The Balaban J connectivity index is 2.41. The van der Waals surface area contributed by atoms with Gasteiger partial charge >= 0.3 is 0 Å². The first-order valence-corrected chi connectivity index (χ1v) is 5.31. The predicted octanol–water partition coefficient (Wildman–Crippen LogP) is 2.67. The summed E-state index contributed by atoms with van der Waals surface area (Å²) in [5.74, 6) is -0.217. The van der Waals surface area contributed by atoms with Crippen LogP contribution in [0.3, 0.4) is 0 Å². The van der Waals surface area contributed by atoms with E-state index in [9.17, 15) is 4.39 Å². The Labute approximate surface area is 90.1 Å². The van der Waals surface area contributed by atoms with Crippen molar-refractivity contribution >= 4 is 0 Å². The van der Waals surface area contributed by atoms with Crippen molar-refractivity contribution in [1.29, 1.82) is 0 Å².